The van der Waals surface area contributed by atoms with E-state index in [9.17, 15) is 9.32 Å². The van der Waals surface area contributed by atoms with Crippen molar-refractivity contribution in [3.8, 4) is 0 Å². The van der Waals surface area contributed by atoms with Gasteiger partial charge in [-0.1, -0.05) is 18.6 Å². The van der Waals surface area contributed by atoms with Crippen LogP contribution in [-0.2, 0) is 15.5 Å². The maximum absolute atomic E-state index is 10.2. The monoisotopic (exact) mass is 236 g/mol. The maximum atomic E-state index is 10.2. The standard InChI is InChI=1S/C10H20O4S/c1-8(2)5-4-6-9(3)7-10(11)14-15(12)13/h5,9-11H,4,6-7H2,1-3H3,(H,12,13). The highest BCUT2D eigenvalue weighted by atomic mass is 32.2. The molecule has 0 aromatic carbocycles. The first-order valence-electron chi connectivity index (χ1n) is 5.01. The average Bonchev–Trinajstić information content (AvgIpc) is 2.00. The van der Waals surface area contributed by atoms with Crippen LogP contribution in [0.25, 0.3) is 0 Å². The Balaban J connectivity index is 3.68. The second-order valence-electron chi connectivity index (χ2n) is 3.97. The third kappa shape index (κ3) is 10.1. The van der Waals surface area contributed by atoms with Gasteiger partial charge in [0.25, 0.3) is 0 Å². The zero-order valence-corrected chi connectivity index (χ0v) is 10.3. The van der Waals surface area contributed by atoms with Crippen molar-refractivity contribution in [1.29, 1.82) is 0 Å². The molecule has 2 N–H and O–H groups in total. The molecule has 0 aliphatic carbocycles. The molecule has 0 saturated carbocycles. The van der Waals surface area contributed by atoms with Gasteiger partial charge in [-0.2, -0.15) is 4.21 Å². The molecule has 0 saturated heterocycles. The normalized spacial score (nSPS) is 16.9. The summed E-state index contributed by atoms with van der Waals surface area (Å²) in [6.45, 7) is 6.06. The average molecular weight is 236 g/mol. The molecule has 0 amide bonds. The predicted molar refractivity (Wildman–Crippen MR) is 60.3 cm³/mol. The lowest BCUT2D eigenvalue weighted by molar-refractivity contribution is -0.0293. The zero-order chi connectivity index (χ0) is 11.8. The molecule has 15 heavy (non-hydrogen) atoms. The molecule has 0 spiro atoms. The van der Waals surface area contributed by atoms with E-state index < -0.39 is 17.7 Å². The molecule has 0 heterocycles. The van der Waals surface area contributed by atoms with Gasteiger partial charge >= 0.3 is 11.4 Å². The molecule has 0 aromatic heterocycles. The van der Waals surface area contributed by atoms with Crippen molar-refractivity contribution in [1.82, 2.24) is 0 Å². The first kappa shape index (κ1) is 14.8. The molecular formula is C10H20O4S. The van der Waals surface area contributed by atoms with Gasteiger partial charge < -0.3 is 5.11 Å². The molecule has 5 heteroatoms. The molecule has 4 nitrogen and oxygen atoms in total. The number of aliphatic hydroxyl groups excluding tert-OH is 1. The second-order valence-corrected chi connectivity index (χ2v) is 4.59. The van der Waals surface area contributed by atoms with Gasteiger partial charge in [-0.05, 0) is 32.6 Å². The first-order valence-corrected chi connectivity index (χ1v) is 6.04. The molecule has 0 bridgehead atoms. The molecule has 0 aliphatic rings. The topological polar surface area (TPSA) is 66.8 Å². The number of rotatable bonds is 7. The van der Waals surface area contributed by atoms with E-state index in [0.29, 0.717) is 6.42 Å². The third-order valence-corrected chi connectivity index (χ3v) is 2.40. The van der Waals surface area contributed by atoms with Gasteiger partial charge in [-0.3, -0.25) is 4.55 Å². The Morgan fingerprint density at radius 2 is 2.13 bits per heavy atom. The summed E-state index contributed by atoms with van der Waals surface area (Å²) in [5.74, 6) is 0.263. The van der Waals surface area contributed by atoms with E-state index in [1.807, 2.05) is 20.8 Å². The van der Waals surface area contributed by atoms with Gasteiger partial charge in [0.05, 0.1) is 0 Å². The fourth-order valence-corrected chi connectivity index (χ4v) is 1.52. The smallest absolute Gasteiger partial charge is 0.304 e. The summed E-state index contributed by atoms with van der Waals surface area (Å²) in [5.41, 5.74) is 1.27. The van der Waals surface area contributed by atoms with E-state index in [1.165, 1.54) is 5.57 Å². The Bertz CT molecular complexity index is 223. The number of hydrogen-bond acceptors (Lipinski definition) is 3. The Morgan fingerprint density at radius 1 is 1.53 bits per heavy atom. The van der Waals surface area contributed by atoms with Crippen LogP contribution in [0.3, 0.4) is 0 Å². The summed E-state index contributed by atoms with van der Waals surface area (Å²) in [7, 11) is 0. The molecule has 0 fully saturated rings. The van der Waals surface area contributed by atoms with Gasteiger partial charge in [0.1, 0.15) is 0 Å². The summed E-state index contributed by atoms with van der Waals surface area (Å²) >= 11 is -2.39. The Hall–Kier alpha value is -0.230. The third-order valence-electron chi connectivity index (χ3n) is 2.01. The number of hydrogen-bond donors (Lipinski definition) is 2. The van der Waals surface area contributed by atoms with Gasteiger partial charge in [0.15, 0.2) is 6.29 Å². The van der Waals surface area contributed by atoms with E-state index in [4.69, 9.17) is 4.55 Å². The number of allylic oxidation sites excluding steroid dienone is 2. The van der Waals surface area contributed by atoms with Crippen molar-refractivity contribution >= 4 is 11.4 Å². The molecule has 0 aliphatic heterocycles. The van der Waals surface area contributed by atoms with Crippen LogP contribution in [0.1, 0.15) is 40.0 Å². The summed E-state index contributed by atoms with van der Waals surface area (Å²) in [6, 6.07) is 0. The van der Waals surface area contributed by atoms with Crippen LogP contribution in [0.15, 0.2) is 11.6 Å². The van der Waals surface area contributed by atoms with Crippen LogP contribution in [0.5, 0.6) is 0 Å². The van der Waals surface area contributed by atoms with Gasteiger partial charge in [0, 0.05) is 6.42 Å². The summed E-state index contributed by atoms with van der Waals surface area (Å²) in [6.07, 6.45) is 3.25. The molecule has 3 unspecified atom stereocenters. The lowest BCUT2D eigenvalue weighted by Crippen LogP contribution is -2.16. The van der Waals surface area contributed by atoms with E-state index in [0.717, 1.165) is 12.8 Å². The molecule has 90 valence electrons. The molecule has 0 rings (SSSR count). The number of aliphatic hydroxyl groups is 1. The van der Waals surface area contributed by atoms with Crippen LogP contribution in [0, 0.1) is 5.92 Å². The van der Waals surface area contributed by atoms with Crippen molar-refractivity contribution in [3.05, 3.63) is 11.6 Å². The van der Waals surface area contributed by atoms with Gasteiger partial charge in [-0.15, -0.1) is 0 Å². The quantitative estimate of drug-likeness (QED) is 0.404. The van der Waals surface area contributed by atoms with Crippen LogP contribution in [-0.4, -0.2) is 20.2 Å². The largest absolute Gasteiger partial charge is 0.367 e. The Labute approximate surface area is 93.8 Å². The minimum Gasteiger partial charge on any atom is -0.367 e. The second kappa shape index (κ2) is 7.98. The maximum Gasteiger partial charge on any atom is 0.304 e. The lowest BCUT2D eigenvalue weighted by atomic mass is 10.0. The zero-order valence-electron chi connectivity index (χ0n) is 9.47. The fourth-order valence-electron chi connectivity index (χ4n) is 1.25. The molecule has 0 radical (unpaired) electrons. The van der Waals surface area contributed by atoms with Crippen molar-refractivity contribution < 1.29 is 18.1 Å². The summed E-state index contributed by atoms with van der Waals surface area (Å²) in [5, 5.41) is 9.21. The Morgan fingerprint density at radius 3 is 2.60 bits per heavy atom. The van der Waals surface area contributed by atoms with Crippen molar-refractivity contribution in [2.24, 2.45) is 5.92 Å². The van der Waals surface area contributed by atoms with E-state index in [2.05, 4.69) is 10.3 Å². The van der Waals surface area contributed by atoms with Crippen LogP contribution in [0.2, 0.25) is 0 Å². The minimum absolute atomic E-state index is 0.263. The molecule has 3 atom stereocenters. The Kier molecular flexibility index (Phi) is 7.86. The highest BCUT2D eigenvalue weighted by Gasteiger charge is 2.12. The van der Waals surface area contributed by atoms with Gasteiger partial charge in [0.2, 0.25) is 0 Å². The predicted octanol–water partition coefficient (Wildman–Crippen LogP) is 2.23. The van der Waals surface area contributed by atoms with Crippen molar-refractivity contribution in [3.63, 3.8) is 0 Å². The van der Waals surface area contributed by atoms with Crippen molar-refractivity contribution in [2.45, 2.75) is 46.3 Å². The highest BCUT2D eigenvalue weighted by molar-refractivity contribution is 7.74. The SMILES string of the molecule is CC(C)=CCCC(C)CC(O)OS(=O)O. The minimum atomic E-state index is -2.39. The van der Waals surface area contributed by atoms with Gasteiger partial charge in [-0.25, -0.2) is 4.18 Å². The van der Waals surface area contributed by atoms with E-state index in [-0.39, 0.29) is 5.92 Å². The summed E-state index contributed by atoms with van der Waals surface area (Å²) < 4.78 is 22.9. The summed E-state index contributed by atoms with van der Waals surface area (Å²) in [4.78, 5) is 0. The van der Waals surface area contributed by atoms with Crippen LogP contribution >= 0.6 is 0 Å². The van der Waals surface area contributed by atoms with Crippen molar-refractivity contribution in [2.75, 3.05) is 0 Å². The van der Waals surface area contributed by atoms with Crippen LogP contribution in [0.4, 0.5) is 0 Å². The fraction of sp³-hybridized carbons (Fsp3) is 0.800. The first-order chi connectivity index (χ1) is 6.91. The van der Waals surface area contributed by atoms with Crippen LogP contribution < -0.4 is 0 Å². The van der Waals surface area contributed by atoms with E-state index >= 15 is 0 Å². The molecule has 0 aromatic rings. The molecular weight excluding hydrogens is 216 g/mol. The highest BCUT2D eigenvalue weighted by Crippen LogP contribution is 2.14. The van der Waals surface area contributed by atoms with E-state index in [1.54, 1.807) is 0 Å². The lowest BCUT2D eigenvalue weighted by Gasteiger charge is -2.13.